The number of nitrogens with one attached hydrogen (secondary N) is 1. The second kappa shape index (κ2) is 10.8. The molecule has 5 rings (SSSR count). The zero-order chi connectivity index (χ0) is 25.1. The van der Waals surface area contributed by atoms with Crippen LogP contribution in [0.25, 0.3) is 0 Å². The van der Waals surface area contributed by atoms with Gasteiger partial charge in [-0.1, -0.05) is 11.6 Å². The van der Waals surface area contributed by atoms with Crippen LogP contribution in [0.5, 0.6) is 0 Å². The molecule has 0 unspecified atom stereocenters. The quantitative estimate of drug-likeness (QED) is 0.477. The van der Waals surface area contributed by atoms with Gasteiger partial charge in [-0.05, 0) is 36.4 Å². The minimum atomic E-state index is -0.847. The Balaban J connectivity index is 1.43. The molecule has 2 aliphatic heterocycles. The zero-order valence-electron chi connectivity index (χ0n) is 19.9. The zero-order valence-corrected chi connectivity index (χ0v) is 20.6. The molecule has 3 heterocycles. The van der Waals surface area contributed by atoms with Crippen LogP contribution in [0.15, 0.2) is 42.6 Å². The molecule has 2 aromatic carbocycles. The van der Waals surface area contributed by atoms with E-state index in [0.717, 1.165) is 49.3 Å². The molecule has 0 saturated carbocycles. The van der Waals surface area contributed by atoms with E-state index in [2.05, 4.69) is 43.3 Å². The lowest BCUT2D eigenvalue weighted by Crippen LogP contribution is -2.38. The summed E-state index contributed by atoms with van der Waals surface area (Å²) in [5, 5.41) is 2.75. The van der Waals surface area contributed by atoms with E-state index in [0.29, 0.717) is 38.2 Å². The van der Waals surface area contributed by atoms with Gasteiger partial charge in [0.25, 0.3) is 0 Å². The molecule has 190 valence electrons. The molecule has 36 heavy (non-hydrogen) atoms. The standard InChI is InChI=1S/C25H27ClF2N6O2/c1-32(21-3-2-20(27)23(26)24(21)28)22-4-5-29-25(31-22)30-17-14-18(33-6-10-35-11-7-33)16-19(15-17)34-8-12-36-13-9-34/h2-5,14-16H,6-13H2,1H3,(H,29,30,31). The molecule has 8 nitrogen and oxygen atoms in total. The first-order chi connectivity index (χ1) is 17.5. The van der Waals surface area contributed by atoms with E-state index in [9.17, 15) is 8.78 Å². The Morgan fingerprint density at radius 1 is 0.917 bits per heavy atom. The number of ether oxygens (including phenoxy) is 2. The number of aromatic nitrogens is 2. The maximum Gasteiger partial charge on any atom is 0.229 e. The molecule has 2 fully saturated rings. The molecule has 11 heteroatoms. The number of rotatable bonds is 6. The first-order valence-corrected chi connectivity index (χ1v) is 12.1. The SMILES string of the molecule is CN(c1ccnc(Nc2cc(N3CCOCC3)cc(N3CCOCC3)c2)n1)c1ccc(F)c(Cl)c1F. The van der Waals surface area contributed by atoms with Crippen LogP contribution in [0.3, 0.4) is 0 Å². The highest BCUT2D eigenvalue weighted by atomic mass is 35.5. The lowest BCUT2D eigenvalue weighted by molar-refractivity contribution is 0.122. The number of benzene rings is 2. The third kappa shape index (κ3) is 5.30. The molecule has 0 aliphatic carbocycles. The maximum atomic E-state index is 14.6. The molecule has 0 atom stereocenters. The first kappa shape index (κ1) is 24.5. The van der Waals surface area contributed by atoms with Gasteiger partial charge in [-0.25, -0.2) is 13.8 Å². The summed E-state index contributed by atoms with van der Waals surface area (Å²) < 4.78 is 39.3. The number of nitrogens with zero attached hydrogens (tertiary/aromatic N) is 5. The van der Waals surface area contributed by atoms with Gasteiger partial charge < -0.3 is 29.5 Å². The molecule has 2 saturated heterocycles. The molecule has 1 aromatic heterocycles. The van der Waals surface area contributed by atoms with Gasteiger partial charge in [-0.2, -0.15) is 4.98 Å². The molecule has 1 N–H and O–H groups in total. The molecule has 0 spiro atoms. The van der Waals surface area contributed by atoms with Crippen molar-refractivity contribution >= 4 is 46.1 Å². The topological polar surface area (TPSA) is 66.0 Å². The number of hydrogen-bond acceptors (Lipinski definition) is 8. The summed E-state index contributed by atoms with van der Waals surface area (Å²) in [5.74, 6) is -0.889. The van der Waals surface area contributed by atoms with E-state index >= 15 is 0 Å². The van der Waals surface area contributed by atoms with Crippen molar-refractivity contribution in [1.29, 1.82) is 0 Å². The maximum absolute atomic E-state index is 14.6. The Morgan fingerprint density at radius 2 is 1.53 bits per heavy atom. The monoisotopic (exact) mass is 516 g/mol. The van der Waals surface area contributed by atoms with Gasteiger partial charge in [0, 0.05) is 56.5 Å². The molecule has 0 amide bonds. The summed E-state index contributed by atoms with van der Waals surface area (Å²) in [6, 6.07) is 10.4. The Bertz CT molecular complexity index is 1180. The van der Waals surface area contributed by atoms with E-state index < -0.39 is 16.7 Å². The Labute approximate surface area is 213 Å². The van der Waals surface area contributed by atoms with Crippen molar-refractivity contribution in [1.82, 2.24) is 9.97 Å². The Morgan fingerprint density at radius 3 is 2.14 bits per heavy atom. The van der Waals surface area contributed by atoms with Crippen LogP contribution in [-0.2, 0) is 9.47 Å². The number of morpholine rings is 2. The second-order valence-corrected chi connectivity index (χ2v) is 8.93. The van der Waals surface area contributed by atoms with Crippen molar-refractivity contribution in [2.75, 3.05) is 79.7 Å². The van der Waals surface area contributed by atoms with Crippen molar-refractivity contribution in [2.45, 2.75) is 0 Å². The third-order valence-electron chi connectivity index (χ3n) is 6.27. The average molecular weight is 517 g/mol. The van der Waals surface area contributed by atoms with E-state index in [4.69, 9.17) is 21.1 Å². The summed E-state index contributed by atoms with van der Waals surface area (Å²) in [7, 11) is 1.63. The summed E-state index contributed by atoms with van der Waals surface area (Å²) in [5.41, 5.74) is 3.11. The summed E-state index contributed by atoms with van der Waals surface area (Å²) >= 11 is 5.77. The molecular formula is C25H27ClF2N6O2. The third-order valence-corrected chi connectivity index (χ3v) is 6.62. The van der Waals surface area contributed by atoms with Crippen LogP contribution in [0.4, 0.5) is 43.3 Å². The fourth-order valence-corrected chi connectivity index (χ4v) is 4.46. The van der Waals surface area contributed by atoms with E-state index in [1.165, 1.54) is 11.0 Å². The van der Waals surface area contributed by atoms with E-state index in [-0.39, 0.29) is 5.69 Å². The Hall–Kier alpha value is -3.21. The fraction of sp³-hybridized carbons (Fsp3) is 0.360. The van der Waals surface area contributed by atoms with Gasteiger partial charge in [0.1, 0.15) is 16.7 Å². The lowest BCUT2D eigenvalue weighted by Gasteiger charge is -2.33. The Kier molecular flexibility index (Phi) is 7.35. The van der Waals surface area contributed by atoms with Gasteiger partial charge in [0.05, 0.1) is 32.1 Å². The van der Waals surface area contributed by atoms with Crippen molar-refractivity contribution in [3.05, 3.63) is 59.3 Å². The largest absolute Gasteiger partial charge is 0.378 e. The predicted molar refractivity (Wildman–Crippen MR) is 137 cm³/mol. The highest BCUT2D eigenvalue weighted by molar-refractivity contribution is 6.31. The second-order valence-electron chi connectivity index (χ2n) is 8.55. The summed E-state index contributed by atoms with van der Waals surface area (Å²) in [6.45, 7) is 6.00. The molecular weight excluding hydrogens is 490 g/mol. The first-order valence-electron chi connectivity index (χ1n) is 11.8. The number of hydrogen-bond donors (Lipinski definition) is 1. The number of halogens is 3. The number of anilines is 6. The van der Waals surface area contributed by atoms with Gasteiger partial charge in [0.2, 0.25) is 5.95 Å². The van der Waals surface area contributed by atoms with Gasteiger partial charge in [-0.3, -0.25) is 0 Å². The summed E-state index contributed by atoms with van der Waals surface area (Å²) in [4.78, 5) is 15.0. The predicted octanol–water partition coefficient (Wildman–Crippen LogP) is 4.59. The van der Waals surface area contributed by atoms with Crippen LogP contribution in [0, 0.1) is 11.6 Å². The molecule has 0 radical (unpaired) electrons. The normalized spacial score (nSPS) is 16.2. The van der Waals surface area contributed by atoms with E-state index in [1.54, 1.807) is 19.3 Å². The highest BCUT2D eigenvalue weighted by Crippen LogP contribution is 2.33. The van der Waals surface area contributed by atoms with Crippen molar-refractivity contribution in [3.8, 4) is 0 Å². The van der Waals surface area contributed by atoms with Gasteiger partial charge in [-0.15, -0.1) is 0 Å². The van der Waals surface area contributed by atoms with Crippen molar-refractivity contribution < 1.29 is 18.3 Å². The average Bonchev–Trinajstić information content (AvgIpc) is 2.92. The molecule has 0 bridgehead atoms. The lowest BCUT2D eigenvalue weighted by atomic mass is 10.2. The minimum Gasteiger partial charge on any atom is -0.378 e. The fourth-order valence-electron chi connectivity index (χ4n) is 4.30. The van der Waals surface area contributed by atoms with Crippen LogP contribution < -0.4 is 20.0 Å². The minimum absolute atomic E-state index is 0.106. The van der Waals surface area contributed by atoms with E-state index in [1.807, 2.05) is 0 Å². The van der Waals surface area contributed by atoms with Crippen molar-refractivity contribution in [3.63, 3.8) is 0 Å². The van der Waals surface area contributed by atoms with Crippen LogP contribution in [0.2, 0.25) is 5.02 Å². The smallest absolute Gasteiger partial charge is 0.229 e. The highest BCUT2D eigenvalue weighted by Gasteiger charge is 2.19. The van der Waals surface area contributed by atoms with Gasteiger partial charge >= 0.3 is 0 Å². The van der Waals surface area contributed by atoms with Gasteiger partial charge in [0.15, 0.2) is 5.82 Å². The van der Waals surface area contributed by atoms with Crippen LogP contribution in [0.1, 0.15) is 0 Å². The van der Waals surface area contributed by atoms with Crippen LogP contribution >= 0.6 is 11.6 Å². The molecule has 2 aliphatic rings. The van der Waals surface area contributed by atoms with Crippen molar-refractivity contribution in [2.24, 2.45) is 0 Å². The molecule has 3 aromatic rings. The summed E-state index contributed by atoms with van der Waals surface area (Å²) in [6.07, 6.45) is 1.58. The van der Waals surface area contributed by atoms with Crippen LogP contribution in [-0.4, -0.2) is 69.6 Å².